The Balaban J connectivity index is 1.97. The van der Waals surface area contributed by atoms with Crippen LogP contribution in [0.1, 0.15) is 30.1 Å². The molecule has 1 atom stereocenters. The summed E-state index contributed by atoms with van der Waals surface area (Å²) in [6.45, 7) is 2.77. The molecular formula is C14H16F2N2O2. The Labute approximate surface area is 115 Å². The van der Waals surface area contributed by atoms with Gasteiger partial charge in [-0.2, -0.15) is 0 Å². The van der Waals surface area contributed by atoms with Gasteiger partial charge in [0.1, 0.15) is 0 Å². The highest BCUT2D eigenvalue weighted by Crippen LogP contribution is 2.12. The summed E-state index contributed by atoms with van der Waals surface area (Å²) < 4.78 is 26.5. The standard InChI is InChI=1S/C14H16F2N2O2/c1-9(8-18-7-3-6-12(18)19)17-14(20)10-4-2-5-11(15)13(10)16/h2,4-5,9H,3,6-8H2,1H3,(H,17,20). The minimum atomic E-state index is -1.16. The van der Waals surface area contributed by atoms with Crippen molar-refractivity contribution in [3.63, 3.8) is 0 Å². The molecule has 4 nitrogen and oxygen atoms in total. The van der Waals surface area contributed by atoms with E-state index in [2.05, 4.69) is 5.32 Å². The summed E-state index contributed by atoms with van der Waals surface area (Å²) in [6, 6.07) is 3.13. The minimum absolute atomic E-state index is 0.0584. The number of benzene rings is 1. The molecule has 2 rings (SSSR count). The van der Waals surface area contributed by atoms with E-state index in [0.717, 1.165) is 12.5 Å². The number of likely N-dealkylation sites (tertiary alicyclic amines) is 1. The zero-order chi connectivity index (χ0) is 14.7. The van der Waals surface area contributed by atoms with Crippen LogP contribution in [0.25, 0.3) is 0 Å². The lowest BCUT2D eigenvalue weighted by Gasteiger charge is -2.21. The van der Waals surface area contributed by atoms with Crippen LogP contribution >= 0.6 is 0 Å². The fraction of sp³-hybridized carbons (Fsp3) is 0.429. The van der Waals surface area contributed by atoms with Crippen molar-refractivity contribution in [3.8, 4) is 0 Å². The molecule has 6 heteroatoms. The second-order valence-electron chi connectivity index (χ2n) is 4.92. The summed E-state index contributed by atoms with van der Waals surface area (Å²) in [5.41, 5.74) is -0.329. The molecule has 1 aliphatic rings. The highest BCUT2D eigenvalue weighted by molar-refractivity contribution is 5.94. The summed E-state index contributed by atoms with van der Waals surface area (Å²) in [5, 5.41) is 2.57. The van der Waals surface area contributed by atoms with Crippen LogP contribution < -0.4 is 5.32 Å². The molecule has 0 aromatic heterocycles. The summed E-state index contributed by atoms with van der Waals surface area (Å²) >= 11 is 0. The van der Waals surface area contributed by atoms with Crippen molar-refractivity contribution < 1.29 is 18.4 Å². The molecule has 20 heavy (non-hydrogen) atoms. The number of nitrogens with one attached hydrogen (secondary N) is 1. The van der Waals surface area contributed by atoms with Gasteiger partial charge < -0.3 is 10.2 Å². The van der Waals surface area contributed by atoms with Gasteiger partial charge >= 0.3 is 0 Å². The molecule has 1 aromatic carbocycles. The smallest absolute Gasteiger partial charge is 0.254 e. The third-order valence-electron chi connectivity index (χ3n) is 3.24. The molecule has 0 saturated carbocycles. The third kappa shape index (κ3) is 3.12. The van der Waals surface area contributed by atoms with Gasteiger partial charge in [-0.1, -0.05) is 6.07 Å². The van der Waals surface area contributed by atoms with Gasteiger partial charge in [0.2, 0.25) is 5.91 Å². The summed E-state index contributed by atoms with van der Waals surface area (Å²) in [4.78, 5) is 25.0. The van der Waals surface area contributed by atoms with Gasteiger partial charge in [0.05, 0.1) is 5.56 Å². The zero-order valence-electron chi connectivity index (χ0n) is 11.2. The van der Waals surface area contributed by atoms with Crippen LogP contribution in [0.2, 0.25) is 0 Å². The molecule has 1 unspecified atom stereocenters. The molecule has 1 heterocycles. The first-order chi connectivity index (χ1) is 9.49. The average Bonchev–Trinajstić information content (AvgIpc) is 2.78. The second kappa shape index (κ2) is 5.98. The van der Waals surface area contributed by atoms with Gasteiger partial charge in [-0.3, -0.25) is 9.59 Å². The van der Waals surface area contributed by atoms with Gasteiger partial charge in [-0.25, -0.2) is 8.78 Å². The number of hydrogen-bond acceptors (Lipinski definition) is 2. The Kier molecular flexibility index (Phi) is 4.32. The predicted octanol–water partition coefficient (Wildman–Crippen LogP) is 1.71. The van der Waals surface area contributed by atoms with Gasteiger partial charge in [-0.15, -0.1) is 0 Å². The Morgan fingerprint density at radius 3 is 2.85 bits per heavy atom. The first kappa shape index (κ1) is 14.4. The van der Waals surface area contributed by atoms with Crippen LogP contribution in [-0.4, -0.2) is 35.8 Å². The van der Waals surface area contributed by atoms with E-state index in [1.165, 1.54) is 12.1 Å². The fourth-order valence-corrected chi connectivity index (χ4v) is 2.25. The molecule has 0 aliphatic carbocycles. The molecule has 0 spiro atoms. The van der Waals surface area contributed by atoms with Crippen molar-refractivity contribution in [2.75, 3.05) is 13.1 Å². The topological polar surface area (TPSA) is 49.4 Å². The quantitative estimate of drug-likeness (QED) is 0.914. The normalized spacial score (nSPS) is 16.4. The molecule has 108 valence electrons. The van der Waals surface area contributed by atoms with Crippen molar-refractivity contribution in [1.29, 1.82) is 0 Å². The third-order valence-corrected chi connectivity index (χ3v) is 3.24. The minimum Gasteiger partial charge on any atom is -0.348 e. The van der Waals surface area contributed by atoms with Crippen molar-refractivity contribution in [2.24, 2.45) is 0 Å². The van der Waals surface area contributed by atoms with Crippen LogP contribution in [0, 0.1) is 11.6 Å². The van der Waals surface area contributed by atoms with E-state index in [4.69, 9.17) is 0 Å². The number of nitrogens with zero attached hydrogens (tertiary/aromatic N) is 1. The van der Waals surface area contributed by atoms with Gasteiger partial charge in [0, 0.05) is 25.6 Å². The van der Waals surface area contributed by atoms with Crippen LogP contribution in [0.15, 0.2) is 18.2 Å². The second-order valence-corrected chi connectivity index (χ2v) is 4.92. The maximum absolute atomic E-state index is 13.5. The zero-order valence-corrected chi connectivity index (χ0v) is 11.2. The van der Waals surface area contributed by atoms with E-state index < -0.39 is 17.5 Å². The molecule has 1 N–H and O–H groups in total. The van der Waals surface area contributed by atoms with E-state index in [1.807, 2.05) is 0 Å². The Morgan fingerprint density at radius 2 is 2.20 bits per heavy atom. The number of hydrogen-bond donors (Lipinski definition) is 1. The summed E-state index contributed by atoms with van der Waals surface area (Å²) in [6.07, 6.45) is 1.34. The molecule has 2 amide bonds. The molecule has 0 bridgehead atoms. The summed E-state index contributed by atoms with van der Waals surface area (Å²) in [5.74, 6) is -2.83. The van der Waals surface area contributed by atoms with Gasteiger partial charge in [-0.05, 0) is 25.5 Å². The highest BCUT2D eigenvalue weighted by Gasteiger charge is 2.23. The molecule has 1 aliphatic heterocycles. The highest BCUT2D eigenvalue weighted by atomic mass is 19.2. The maximum Gasteiger partial charge on any atom is 0.254 e. The van der Waals surface area contributed by atoms with E-state index in [9.17, 15) is 18.4 Å². The lowest BCUT2D eigenvalue weighted by molar-refractivity contribution is -0.127. The lowest BCUT2D eigenvalue weighted by atomic mass is 10.1. The van der Waals surface area contributed by atoms with E-state index in [-0.39, 0.29) is 17.5 Å². The lowest BCUT2D eigenvalue weighted by Crippen LogP contribution is -2.42. The number of rotatable bonds is 4. The predicted molar refractivity (Wildman–Crippen MR) is 69.1 cm³/mol. The van der Waals surface area contributed by atoms with Crippen molar-refractivity contribution in [2.45, 2.75) is 25.8 Å². The van der Waals surface area contributed by atoms with Crippen LogP contribution in [0.4, 0.5) is 8.78 Å². The molecule has 1 saturated heterocycles. The average molecular weight is 282 g/mol. The van der Waals surface area contributed by atoms with Crippen LogP contribution in [-0.2, 0) is 4.79 Å². The van der Waals surface area contributed by atoms with Crippen LogP contribution in [0.3, 0.4) is 0 Å². The molecule has 0 radical (unpaired) electrons. The van der Waals surface area contributed by atoms with Gasteiger partial charge in [0.15, 0.2) is 11.6 Å². The van der Waals surface area contributed by atoms with Crippen molar-refractivity contribution in [1.82, 2.24) is 10.2 Å². The van der Waals surface area contributed by atoms with E-state index in [0.29, 0.717) is 19.5 Å². The number of carbonyl (C=O) groups is 2. The Bertz CT molecular complexity index is 534. The van der Waals surface area contributed by atoms with E-state index >= 15 is 0 Å². The molecule has 1 aromatic rings. The van der Waals surface area contributed by atoms with Crippen molar-refractivity contribution >= 4 is 11.8 Å². The largest absolute Gasteiger partial charge is 0.348 e. The van der Waals surface area contributed by atoms with Crippen molar-refractivity contribution in [3.05, 3.63) is 35.4 Å². The number of amides is 2. The first-order valence-electron chi connectivity index (χ1n) is 6.51. The SMILES string of the molecule is CC(CN1CCCC1=O)NC(=O)c1cccc(F)c1F. The van der Waals surface area contributed by atoms with Gasteiger partial charge in [0.25, 0.3) is 5.91 Å². The Morgan fingerprint density at radius 1 is 1.45 bits per heavy atom. The number of halogens is 2. The molecular weight excluding hydrogens is 266 g/mol. The first-order valence-corrected chi connectivity index (χ1v) is 6.51. The van der Waals surface area contributed by atoms with Crippen LogP contribution in [0.5, 0.6) is 0 Å². The summed E-state index contributed by atoms with van der Waals surface area (Å²) in [7, 11) is 0. The number of carbonyl (C=O) groups excluding carboxylic acids is 2. The Hall–Kier alpha value is -1.98. The monoisotopic (exact) mass is 282 g/mol. The molecule has 1 fully saturated rings. The maximum atomic E-state index is 13.5. The van der Waals surface area contributed by atoms with E-state index in [1.54, 1.807) is 11.8 Å². The fourth-order valence-electron chi connectivity index (χ4n) is 2.25.